The number of rotatable bonds is 2. The summed E-state index contributed by atoms with van der Waals surface area (Å²) in [4.78, 5) is 4.05. The molecule has 0 amide bonds. The van der Waals surface area contributed by atoms with Gasteiger partial charge in [0.2, 0.25) is 0 Å². The minimum Gasteiger partial charge on any atom is -0.316 e. The molecule has 1 aliphatic rings. The molecule has 1 aliphatic heterocycles. The molecule has 0 bridgehead atoms. The molecule has 2 rings (SSSR count). The first-order chi connectivity index (χ1) is 6.42. The van der Waals surface area contributed by atoms with Gasteiger partial charge >= 0.3 is 0 Å². The standard InChI is InChI=1S/C10H13FN2.2ClH/c11-4-9-6-13-7-10(9)8-2-1-3-12-5-8;;/h1-3,5,9-10,13H,4,6-7H2;2*1H. The van der Waals surface area contributed by atoms with Crippen LogP contribution in [0, 0.1) is 5.92 Å². The van der Waals surface area contributed by atoms with Crippen molar-refractivity contribution >= 4 is 24.8 Å². The van der Waals surface area contributed by atoms with Gasteiger partial charge in [-0.1, -0.05) is 6.07 Å². The van der Waals surface area contributed by atoms with Crippen molar-refractivity contribution in [1.82, 2.24) is 10.3 Å². The SMILES string of the molecule is Cl.Cl.FCC1CNCC1c1cccnc1. The van der Waals surface area contributed by atoms with Gasteiger partial charge in [0.05, 0.1) is 6.67 Å². The highest BCUT2D eigenvalue weighted by Gasteiger charge is 2.28. The number of nitrogens with zero attached hydrogens (tertiary/aromatic N) is 1. The molecule has 1 fully saturated rings. The molecule has 86 valence electrons. The number of halogens is 3. The summed E-state index contributed by atoms with van der Waals surface area (Å²) >= 11 is 0. The van der Waals surface area contributed by atoms with Gasteiger partial charge in [0.15, 0.2) is 0 Å². The molecule has 0 radical (unpaired) electrons. The van der Waals surface area contributed by atoms with Crippen molar-refractivity contribution in [2.45, 2.75) is 5.92 Å². The summed E-state index contributed by atoms with van der Waals surface area (Å²) in [5, 5.41) is 3.20. The van der Waals surface area contributed by atoms with Crippen LogP contribution in [0.3, 0.4) is 0 Å². The zero-order chi connectivity index (χ0) is 9.10. The first-order valence-electron chi connectivity index (χ1n) is 4.58. The van der Waals surface area contributed by atoms with Crippen LogP contribution in [0.15, 0.2) is 24.5 Å². The van der Waals surface area contributed by atoms with Crippen LogP contribution in [0.2, 0.25) is 0 Å². The van der Waals surface area contributed by atoms with E-state index in [2.05, 4.69) is 10.3 Å². The molecule has 15 heavy (non-hydrogen) atoms. The van der Waals surface area contributed by atoms with Crippen LogP contribution >= 0.6 is 24.8 Å². The van der Waals surface area contributed by atoms with E-state index in [0.29, 0.717) is 5.92 Å². The normalized spacial score (nSPS) is 24.1. The van der Waals surface area contributed by atoms with Gasteiger partial charge in [-0.2, -0.15) is 0 Å². The van der Waals surface area contributed by atoms with E-state index >= 15 is 0 Å². The van der Waals surface area contributed by atoms with E-state index in [0.717, 1.165) is 18.7 Å². The van der Waals surface area contributed by atoms with Crippen molar-refractivity contribution in [3.05, 3.63) is 30.1 Å². The first kappa shape index (κ1) is 14.6. The molecular formula is C10H15Cl2FN2. The van der Waals surface area contributed by atoms with Crippen molar-refractivity contribution in [1.29, 1.82) is 0 Å². The number of nitrogens with one attached hydrogen (secondary N) is 1. The van der Waals surface area contributed by atoms with Crippen LogP contribution < -0.4 is 5.32 Å². The van der Waals surface area contributed by atoms with Gasteiger partial charge in [0.25, 0.3) is 0 Å². The lowest BCUT2D eigenvalue weighted by molar-refractivity contribution is 0.358. The Morgan fingerprint density at radius 2 is 2.20 bits per heavy atom. The third-order valence-electron chi connectivity index (χ3n) is 2.65. The second-order valence-corrected chi connectivity index (χ2v) is 3.47. The van der Waals surface area contributed by atoms with Gasteiger partial charge in [0, 0.05) is 37.3 Å². The predicted molar refractivity (Wildman–Crippen MR) is 63.8 cm³/mol. The Bertz CT molecular complexity index is 271. The number of hydrogen-bond donors (Lipinski definition) is 1. The second-order valence-electron chi connectivity index (χ2n) is 3.47. The van der Waals surface area contributed by atoms with Gasteiger partial charge in [0.1, 0.15) is 0 Å². The molecule has 1 saturated heterocycles. The molecule has 0 spiro atoms. The van der Waals surface area contributed by atoms with Crippen LogP contribution in [0.5, 0.6) is 0 Å². The topological polar surface area (TPSA) is 24.9 Å². The Morgan fingerprint density at radius 1 is 1.40 bits per heavy atom. The summed E-state index contributed by atoms with van der Waals surface area (Å²) in [5.41, 5.74) is 1.15. The Morgan fingerprint density at radius 3 is 2.80 bits per heavy atom. The van der Waals surface area contributed by atoms with E-state index in [-0.39, 0.29) is 37.4 Å². The summed E-state index contributed by atoms with van der Waals surface area (Å²) < 4.78 is 12.6. The van der Waals surface area contributed by atoms with Crippen molar-refractivity contribution in [2.75, 3.05) is 19.8 Å². The highest BCUT2D eigenvalue weighted by Crippen LogP contribution is 2.27. The maximum atomic E-state index is 12.6. The molecular weight excluding hydrogens is 238 g/mol. The third-order valence-corrected chi connectivity index (χ3v) is 2.65. The lowest BCUT2D eigenvalue weighted by atomic mass is 9.91. The highest BCUT2D eigenvalue weighted by molar-refractivity contribution is 5.85. The first-order valence-corrected chi connectivity index (χ1v) is 4.58. The lowest BCUT2D eigenvalue weighted by Gasteiger charge is -2.14. The zero-order valence-electron chi connectivity index (χ0n) is 8.23. The molecule has 5 heteroatoms. The van der Waals surface area contributed by atoms with E-state index < -0.39 is 0 Å². The fourth-order valence-electron chi connectivity index (χ4n) is 1.88. The van der Waals surface area contributed by atoms with Crippen molar-refractivity contribution in [3.63, 3.8) is 0 Å². The van der Waals surface area contributed by atoms with E-state index in [1.807, 2.05) is 18.3 Å². The summed E-state index contributed by atoms with van der Waals surface area (Å²) in [6.07, 6.45) is 3.58. The third kappa shape index (κ3) is 3.30. The summed E-state index contributed by atoms with van der Waals surface area (Å²) in [7, 11) is 0. The van der Waals surface area contributed by atoms with E-state index in [9.17, 15) is 4.39 Å². The Hall–Kier alpha value is -0.380. The smallest absolute Gasteiger partial charge is 0.0941 e. The van der Waals surface area contributed by atoms with Crippen LogP contribution in [0.4, 0.5) is 4.39 Å². The Kier molecular flexibility index (Phi) is 6.81. The molecule has 0 aliphatic carbocycles. The quantitative estimate of drug-likeness (QED) is 0.874. The highest BCUT2D eigenvalue weighted by atomic mass is 35.5. The molecule has 2 atom stereocenters. The van der Waals surface area contributed by atoms with Crippen molar-refractivity contribution < 1.29 is 4.39 Å². The maximum absolute atomic E-state index is 12.6. The van der Waals surface area contributed by atoms with E-state index in [4.69, 9.17) is 0 Å². The lowest BCUT2D eigenvalue weighted by Crippen LogP contribution is -2.12. The van der Waals surface area contributed by atoms with Crippen LogP contribution in [0.1, 0.15) is 11.5 Å². The van der Waals surface area contributed by atoms with Gasteiger partial charge in [-0.25, -0.2) is 0 Å². The van der Waals surface area contributed by atoms with Crippen molar-refractivity contribution in [2.24, 2.45) is 5.92 Å². The molecule has 2 heterocycles. The minimum atomic E-state index is -0.243. The number of pyridine rings is 1. The van der Waals surface area contributed by atoms with Gasteiger partial charge in [-0.15, -0.1) is 24.8 Å². The Labute approximate surface area is 101 Å². The molecule has 1 N–H and O–H groups in total. The average Bonchev–Trinajstić information content (AvgIpc) is 2.67. The zero-order valence-corrected chi connectivity index (χ0v) is 9.86. The predicted octanol–water partition coefficient (Wildman–Crippen LogP) is 2.20. The average molecular weight is 253 g/mol. The monoisotopic (exact) mass is 252 g/mol. The molecule has 2 nitrogen and oxygen atoms in total. The summed E-state index contributed by atoms with van der Waals surface area (Å²) in [5.74, 6) is 0.433. The van der Waals surface area contributed by atoms with Crippen LogP contribution in [-0.2, 0) is 0 Å². The maximum Gasteiger partial charge on any atom is 0.0941 e. The second kappa shape index (κ2) is 6.99. The van der Waals surface area contributed by atoms with E-state index in [1.54, 1.807) is 6.20 Å². The van der Waals surface area contributed by atoms with Gasteiger partial charge in [-0.05, 0) is 11.6 Å². The number of aromatic nitrogens is 1. The van der Waals surface area contributed by atoms with Crippen molar-refractivity contribution in [3.8, 4) is 0 Å². The minimum absolute atomic E-state index is 0. The fraction of sp³-hybridized carbons (Fsp3) is 0.500. The molecule has 0 aromatic carbocycles. The Balaban J connectivity index is 0.000000980. The van der Waals surface area contributed by atoms with E-state index in [1.165, 1.54) is 0 Å². The fourth-order valence-corrected chi connectivity index (χ4v) is 1.88. The van der Waals surface area contributed by atoms with Crippen LogP contribution in [-0.4, -0.2) is 24.7 Å². The molecule has 1 aromatic rings. The number of hydrogen-bond acceptors (Lipinski definition) is 2. The largest absolute Gasteiger partial charge is 0.316 e. The summed E-state index contributed by atoms with van der Waals surface area (Å²) in [6.45, 7) is 1.42. The molecule has 1 aromatic heterocycles. The molecule has 2 unspecified atom stereocenters. The van der Waals surface area contributed by atoms with Crippen LogP contribution in [0.25, 0.3) is 0 Å². The number of alkyl halides is 1. The van der Waals surface area contributed by atoms with Gasteiger partial charge < -0.3 is 5.32 Å². The molecule has 0 saturated carbocycles. The summed E-state index contributed by atoms with van der Waals surface area (Å²) in [6, 6.07) is 3.93. The van der Waals surface area contributed by atoms with Gasteiger partial charge in [-0.3, -0.25) is 9.37 Å².